The second kappa shape index (κ2) is 6.85. The number of hydrogen-bond acceptors (Lipinski definition) is 3. The molecule has 1 aromatic carbocycles. The number of aryl methyl sites for hydroxylation is 1. The smallest absolute Gasteiger partial charge is 0.253 e. The molecular formula is C14H22N2O3S. The van der Waals surface area contributed by atoms with Crippen LogP contribution in [-0.2, 0) is 10.0 Å². The third-order valence-corrected chi connectivity index (χ3v) is 4.24. The van der Waals surface area contributed by atoms with E-state index in [4.69, 9.17) is 5.14 Å². The number of rotatable bonds is 6. The van der Waals surface area contributed by atoms with Gasteiger partial charge in [-0.15, -0.1) is 0 Å². The topological polar surface area (TPSA) is 80.5 Å². The number of hydrogen-bond donors (Lipinski definition) is 1. The molecule has 0 aromatic heterocycles. The minimum Gasteiger partial charge on any atom is -0.342 e. The van der Waals surface area contributed by atoms with Crippen molar-refractivity contribution in [2.24, 2.45) is 5.14 Å². The Morgan fingerprint density at radius 2 is 1.95 bits per heavy atom. The summed E-state index contributed by atoms with van der Waals surface area (Å²) < 4.78 is 22.9. The van der Waals surface area contributed by atoms with Crippen LogP contribution >= 0.6 is 0 Å². The van der Waals surface area contributed by atoms with Gasteiger partial charge in [0.1, 0.15) is 0 Å². The Bertz CT molecular complexity index is 582. The number of nitrogens with two attached hydrogens (primary N) is 1. The molecule has 0 atom stereocenters. The van der Waals surface area contributed by atoms with Crippen molar-refractivity contribution in [3.63, 3.8) is 0 Å². The molecule has 2 N–H and O–H groups in total. The lowest BCUT2D eigenvalue weighted by molar-refractivity contribution is 0.0792. The highest BCUT2D eigenvalue weighted by atomic mass is 32.2. The van der Waals surface area contributed by atoms with Crippen LogP contribution in [0.3, 0.4) is 0 Å². The van der Waals surface area contributed by atoms with E-state index >= 15 is 0 Å². The maximum atomic E-state index is 12.2. The number of amides is 1. The van der Waals surface area contributed by atoms with Crippen LogP contribution in [0.25, 0.3) is 0 Å². The molecule has 1 aromatic rings. The van der Waals surface area contributed by atoms with E-state index in [1.165, 1.54) is 6.07 Å². The molecule has 0 heterocycles. The number of primary sulfonamides is 1. The number of nitrogens with zero attached hydrogens (tertiary/aromatic N) is 1. The van der Waals surface area contributed by atoms with Gasteiger partial charge in [-0.1, -0.05) is 25.8 Å². The molecule has 1 amide bonds. The normalized spacial score (nSPS) is 11.4. The van der Waals surface area contributed by atoms with Gasteiger partial charge in [0.2, 0.25) is 10.0 Å². The largest absolute Gasteiger partial charge is 0.342 e. The zero-order valence-electron chi connectivity index (χ0n) is 12.2. The highest BCUT2D eigenvalue weighted by molar-refractivity contribution is 7.89. The van der Waals surface area contributed by atoms with Crippen molar-refractivity contribution < 1.29 is 13.2 Å². The summed E-state index contributed by atoms with van der Waals surface area (Å²) >= 11 is 0. The quantitative estimate of drug-likeness (QED) is 0.815. The predicted molar refractivity (Wildman–Crippen MR) is 79.0 cm³/mol. The van der Waals surface area contributed by atoms with E-state index in [2.05, 4.69) is 6.92 Å². The van der Waals surface area contributed by atoms with Gasteiger partial charge in [0.05, 0.1) is 4.90 Å². The zero-order valence-corrected chi connectivity index (χ0v) is 13.0. The second-order valence-corrected chi connectivity index (χ2v) is 6.49. The summed E-state index contributed by atoms with van der Waals surface area (Å²) in [6, 6.07) is 4.58. The lowest BCUT2D eigenvalue weighted by atomic mass is 10.1. The molecule has 0 bridgehead atoms. The highest BCUT2D eigenvalue weighted by Gasteiger charge is 2.17. The van der Waals surface area contributed by atoms with Crippen molar-refractivity contribution in [3.05, 3.63) is 29.3 Å². The average molecular weight is 298 g/mol. The van der Waals surface area contributed by atoms with Gasteiger partial charge in [-0.05, 0) is 31.0 Å². The summed E-state index contributed by atoms with van der Waals surface area (Å²) in [5.74, 6) is -0.189. The summed E-state index contributed by atoms with van der Waals surface area (Å²) in [6.45, 7) is 4.41. The Hall–Kier alpha value is -1.40. The Balaban J connectivity index is 2.94. The third-order valence-electron chi connectivity index (χ3n) is 3.19. The van der Waals surface area contributed by atoms with Crippen LogP contribution in [0.4, 0.5) is 0 Å². The van der Waals surface area contributed by atoms with E-state index in [1.807, 2.05) is 0 Å². The van der Waals surface area contributed by atoms with Gasteiger partial charge in [0.25, 0.3) is 5.91 Å². The van der Waals surface area contributed by atoms with Crippen LogP contribution in [0.2, 0.25) is 0 Å². The minimum absolute atomic E-state index is 0.00491. The van der Waals surface area contributed by atoms with Crippen molar-refractivity contribution in [1.82, 2.24) is 4.90 Å². The number of carbonyl (C=O) groups is 1. The molecule has 0 aliphatic heterocycles. The summed E-state index contributed by atoms with van der Waals surface area (Å²) in [6.07, 6.45) is 3.09. The SMILES string of the molecule is CCCCCN(C)C(=O)c1ccc(C)c(S(N)(=O)=O)c1. The van der Waals surface area contributed by atoms with Gasteiger partial charge in [-0.25, -0.2) is 13.6 Å². The molecule has 6 heteroatoms. The van der Waals surface area contributed by atoms with Gasteiger partial charge in [0.15, 0.2) is 0 Å². The molecule has 0 spiro atoms. The van der Waals surface area contributed by atoms with Crippen molar-refractivity contribution in [2.45, 2.75) is 38.0 Å². The van der Waals surface area contributed by atoms with Crippen molar-refractivity contribution in [2.75, 3.05) is 13.6 Å². The summed E-state index contributed by atoms with van der Waals surface area (Å²) in [5.41, 5.74) is 0.885. The van der Waals surface area contributed by atoms with E-state index in [-0.39, 0.29) is 10.8 Å². The lowest BCUT2D eigenvalue weighted by Crippen LogP contribution is -2.28. The van der Waals surface area contributed by atoms with Crippen LogP contribution in [0, 0.1) is 6.92 Å². The summed E-state index contributed by atoms with van der Waals surface area (Å²) in [4.78, 5) is 13.8. The standard InChI is InChI=1S/C14H22N2O3S/c1-4-5-6-9-16(3)14(17)12-8-7-11(2)13(10-12)20(15,18)19/h7-8,10H,4-6,9H2,1-3H3,(H2,15,18,19). The molecule has 0 aliphatic rings. The van der Waals surface area contributed by atoms with Gasteiger partial charge in [-0.3, -0.25) is 4.79 Å². The number of unbranched alkanes of at least 4 members (excludes halogenated alkanes) is 2. The van der Waals surface area contributed by atoms with Crippen LogP contribution < -0.4 is 5.14 Å². The van der Waals surface area contributed by atoms with Gasteiger partial charge in [0, 0.05) is 19.2 Å². The number of sulfonamides is 1. The molecule has 1 rings (SSSR count). The predicted octanol–water partition coefficient (Wildman–Crippen LogP) is 1.90. The first kappa shape index (κ1) is 16.7. The van der Waals surface area contributed by atoms with Gasteiger partial charge < -0.3 is 4.90 Å². The van der Waals surface area contributed by atoms with Crippen LogP contribution in [0.15, 0.2) is 23.1 Å². The molecule has 112 valence electrons. The fraction of sp³-hybridized carbons (Fsp3) is 0.500. The van der Waals surface area contributed by atoms with E-state index in [1.54, 1.807) is 31.0 Å². The summed E-state index contributed by atoms with van der Waals surface area (Å²) in [5, 5.41) is 5.15. The zero-order chi connectivity index (χ0) is 15.3. The van der Waals surface area contributed by atoms with Gasteiger partial charge in [-0.2, -0.15) is 0 Å². The maximum Gasteiger partial charge on any atom is 0.253 e. The van der Waals surface area contributed by atoms with Gasteiger partial charge >= 0.3 is 0 Å². The Morgan fingerprint density at radius 3 is 2.50 bits per heavy atom. The Morgan fingerprint density at radius 1 is 1.30 bits per heavy atom. The molecule has 20 heavy (non-hydrogen) atoms. The number of carbonyl (C=O) groups excluding carboxylic acids is 1. The van der Waals surface area contributed by atoms with Crippen molar-refractivity contribution in [3.8, 4) is 0 Å². The highest BCUT2D eigenvalue weighted by Crippen LogP contribution is 2.17. The van der Waals surface area contributed by atoms with Crippen LogP contribution in [-0.4, -0.2) is 32.8 Å². The molecule has 0 saturated carbocycles. The Kier molecular flexibility index (Phi) is 5.71. The number of benzene rings is 1. The molecule has 0 fully saturated rings. The molecule has 0 saturated heterocycles. The molecule has 0 unspecified atom stereocenters. The van der Waals surface area contributed by atoms with Crippen LogP contribution in [0.5, 0.6) is 0 Å². The first-order chi connectivity index (χ1) is 9.27. The fourth-order valence-electron chi connectivity index (χ4n) is 1.96. The lowest BCUT2D eigenvalue weighted by Gasteiger charge is -2.17. The third kappa shape index (κ3) is 4.31. The fourth-order valence-corrected chi connectivity index (χ4v) is 2.77. The summed E-state index contributed by atoms with van der Waals surface area (Å²) in [7, 11) is -2.09. The molecule has 5 nitrogen and oxygen atoms in total. The van der Waals surface area contributed by atoms with Crippen molar-refractivity contribution in [1.29, 1.82) is 0 Å². The molecule has 0 radical (unpaired) electrons. The van der Waals surface area contributed by atoms with Crippen LogP contribution in [0.1, 0.15) is 42.1 Å². The monoisotopic (exact) mass is 298 g/mol. The maximum absolute atomic E-state index is 12.2. The first-order valence-electron chi connectivity index (χ1n) is 6.66. The molecular weight excluding hydrogens is 276 g/mol. The first-order valence-corrected chi connectivity index (χ1v) is 8.21. The molecule has 0 aliphatic carbocycles. The van der Waals surface area contributed by atoms with E-state index in [0.29, 0.717) is 17.7 Å². The van der Waals surface area contributed by atoms with E-state index in [9.17, 15) is 13.2 Å². The van der Waals surface area contributed by atoms with E-state index < -0.39 is 10.0 Å². The van der Waals surface area contributed by atoms with Crippen molar-refractivity contribution >= 4 is 15.9 Å². The minimum atomic E-state index is -3.81. The van der Waals surface area contributed by atoms with E-state index in [0.717, 1.165) is 19.3 Å². The average Bonchev–Trinajstić information content (AvgIpc) is 2.37. The second-order valence-electron chi connectivity index (χ2n) is 4.96. The Labute approximate surface area is 120 Å².